The zero-order chi connectivity index (χ0) is 17.1. The van der Waals surface area contributed by atoms with Crippen LogP contribution in [0.5, 0.6) is 5.75 Å². The third-order valence-corrected chi connectivity index (χ3v) is 4.75. The molecule has 0 spiro atoms. The fraction of sp³-hybridized carbons (Fsp3) is 0.111. The third kappa shape index (κ3) is 3.60. The van der Waals surface area contributed by atoms with Gasteiger partial charge in [-0.25, -0.2) is 9.37 Å². The van der Waals surface area contributed by atoms with E-state index in [-0.39, 0.29) is 11.6 Å². The first-order valence-electron chi connectivity index (χ1n) is 7.36. The third-order valence-electron chi connectivity index (χ3n) is 3.44. The SMILES string of the molecule is C/C(=N\Nc1ccc(F)cc1)c1sc(-c2ccc(O)cc2)nc1C. The largest absolute Gasteiger partial charge is 0.508 e. The summed E-state index contributed by atoms with van der Waals surface area (Å²) < 4.78 is 12.9. The summed E-state index contributed by atoms with van der Waals surface area (Å²) in [5.74, 6) is -0.0495. The van der Waals surface area contributed by atoms with Crippen LogP contribution in [0.1, 0.15) is 17.5 Å². The van der Waals surface area contributed by atoms with Gasteiger partial charge >= 0.3 is 0 Å². The van der Waals surface area contributed by atoms with Crippen LogP contribution >= 0.6 is 11.3 Å². The van der Waals surface area contributed by atoms with Gasteiger partial charge in [0.25, 0.3) is 0 Å². The van der Waals surface area contributed by atoms with Gasteiger partial charge in [-0.05, 0) is 62.4 Å². The molecule has 0 fully saturated rings. The van der Waals surface area contributed by atoms with Crippen molar-refractivity contribution in [2.24, 2.45) is 5.10 Å². The summed E-state index contributed by atoms with van der Waals surface area (Å²) in [6, 6.07) is 13.0. The van der Waals surface area contributed by atoms with Gasteiger partial charge in [0.05, 0.1) is 22.0 Å². The average Bonchev–Trinajstić information content (AvgIpc) is 2.96. The number of aryl methyl sites for hydroxylation is 1. The summed E-state index contributed by atoms with van der Waals surface area (Å²) in [5.41, 5.74) is 6.29. The van der Waals surface area contributed by atoms with E-state index in [4.69, 9.17) is 0 Å². The number of aromatic hydroxyl groups is 1. The summed E-state index contributed by atoms with van der Waals surface area (Å²) in [6.07, 6.45) is 0. The van der Waals surface area contributed by atoms with Crippen LogP contribution in [0.4, 0.5) is 10.1 Å². The lowest BCUT2D eigenvalue weighted by Gasteiger charge is -2.02. The lowest BCUT2D eigenvalue weighted by molar-refractivity contribution is 0.475. The Labute approximate surface area is 143 Å². The summed E-state index contributed by atoms with van der Waals surface area (Å²) in [7, 11) is 0. The van der Waals surface area contributed by atoms with Crippen LogP contribution in [0.2, 0.25) is 0 Å². The van der Waals surface area contributed by atoms with Gasteiger partial charge in [-0.3, -0.25) is 5.43 Å². The second-order valence-electron chi connectivity index (χ2n) is 5.30. The number of thiazole rings is 1. The van der Waals surface area contributed by atoms with E-state index < -0.39 is 0 Å². The topological polar surface area (TPSA) is 57.5 Å². The van der Waals surface area contributed by atoms with E-state index in [1.807, 2.05) is 26.0 Å². The number of nitrogens with zero attached hydrogens (tertiary/aromatic N) is 2. The number of benzene rings is 2. The molecule has 2 N–H and O–H groups in total. The molecule has 3 rings (SSSR count). The number of nitrogens with one attached hydrogen (secondary N) is 1. The predicted octanol–water partition coefficient (Wildman–Crippen LogP) is 4.80. The molecule has 1 aromatic heterocycles. The van der Waals surface area contributed by atoms with Crippen LogP contribution in [0, 0.1) is 12.7 Å². The van der Waals surface area contributed by atoms with Crippen molar-refractivity contribution in [3.05, 3.63) is 64.9 Å². The number of hydrogen-bond donors (Lipinski definition) is 2. The molecule has 3 aromatic rings. The normalized spacial score (nSPS) is 11.5. The van der Waals surface area contributed by atoms with Gasteiger partial charge in [0.15, 0.2) is 0 Å². The van der Waals surface area contributed by atoms with Crippen molar-refractivity contribution in [2.75, 3.05) is 5.43 Å². The maximum Gasteiger partial charge on any atom is 0.124 e. The maximum absolute atomic E-state index is 12.9. The Morgan fingerprint density at radius 2 is 1.79 bits per heavy atom. The molecule has 0 atom stereocenters. The highest BCUT2D eigenvalue weighted by Gasteiger charge is 2.12. The molecule has 4 nitrogen and oxygen atoms in total. The average molecular weight is 341 g/mol. The molecule has 0 radical (unpaired) electrons. The number of hydrogen-bond acceptors (Lipinski definition) is 5. The van der Waals surface area contributed by atoms with E-state index in [2.05, 4.69) is 15.5 Å². The Morgan fingerprint density at radius 1 is 1.12 bits per heavy atom. The molecule has 0 amide bonds. The zero-order valence-corrected chi connectivity index (χ0v) is 14.1. The molecule has 0 aliphatic heterocycles. The molecule has 0 saturated carbocycles. The molecule has 0 unspecified atom stereocenters. The van der Waals surface area contributed by atoms with Gasteiger partial charge in [0.1, 0.15) is 16.6 Å². The molecule has 0 saturated heterocycles. The fourth-order valence-electron chi connectivity index (χ4n) is 2.18. The lowest BCUT2D eigenvalue weighted by Crippen LogP contribution is -1.99. The van der Waals surface area contributed by atoms with E-state index in [1.54, 1.807) is 35.6 Å². The molecule has 2 aromatic carbocycles. The summed E-state index contributed by atoms with van der Waals surface area (Å²) in [6.45, 7) is 3.84. The second-order valence-corrected chi connectivity index (χ2v) is 6.30. The fourth-order valence-corrected chi connectivity index (χ4v) is 3.20. The highest BCUT2D eigenvalue weighted by molar-refractivity contribution is 7.17. The van der Waals surface area contributed by atoms with E-state index >= 15 is 0 Å². The second kappa shape index (κ2) is 6.80. The van der Waals surface area contributed by atoms with Gasteiger partial charge in [0.2, 0.25) is 0 Å². The molecule has 0 aliphatic carbocycles. The van der Waals surface area contributed by atoms with Crippen molar-refractivity contribution < 1.29 is 9.50 Å². The minimum absolute atomic E-state index is 0.230. The highest BCUT2D eigenvalue weighted by atomic mass is 32.1. The number of rotatable bonds is 4. The van der Waals surface area contributed by atoms with Gasteiger partial charge < -0.3 is 5.11 Å². The van der Waals surface area contributed by atoms with Crippen LogP contribution in [0.25, 0.3) is 10.6 Å². The van der Waals surface area contributed by atoms with Crippen molar-refractivity contribution in [2.45, 2.75) is 13.8 Å². The number of halogens is 1. The first-order valence-corrected chi connectivity index (χ1v) is 8.17. The molecule has 24 heavy (non-hydrogen) atoms. The molecular weight excluding hydrogens is 325 g/mol. The maximum atomic E-state index is 12.9. The molecule has 1 heterocycles. The monoisotopic (exact) mass is 341 g/mol. The van der Waals surface area contributed by atoms with E-state index in [0.717, 1.165) is 32.5 Å². The molecular formula is C18H16FN3OS. The van der Waals surface area contributed by atoms with Crippen molar-refractivity contribution in [1.29, 1.82) is 0 Å². The van der Waals surface area contributed by atoms with Crippen molar-refractivity contribution >= 4 is 22.7 Å². The smallest absolute Gasteiger partial charge is 0.124 e. The Hall–Kier alpha value is -2.73. The van der Waals surface area contributed by atoms with Crippen molar-refractivity contribution in [1.82, 2.24) is 4.98 Å². The molecule has 0 aliphatic rings. The Bertz CT molecular complexity index is 870. The van der Waals surface area contributed by atoms with Gasteiger partial charge in [-0.15, -0.1) is 11.3 Å². The molecule has 6 heteroatoms. The molecule has 122 valence electrons. The Balaban J connectivity index is 1.82. The number of anilines is 1. The minimum atomic E-state index is -0.280. The van der Waals surface area contributed by atoms with Gasteiger partial charge in [-0.2, -0.15) is 5.10 Å². The summed E-state index contributed by atoms with van der Waals surface area (Å²) >= 11 is 1.54. The first-order chi connectivity index (χ1) is 11.5. The van der Waals surface area contributed by atoms with Crippen molar-refractivity contribution in [3.63, 3.8) is 0 Å². The quantitative estimate of drug-likeness (QED) is 0.529. The van der Waals surface area contributed by atoms with E-state index in [1.165, 1.54) is 12.1 Å². The summed E-state index contributed by atoms with van der Waals surface area (Å²) in [5, 5.41) is 14.6. The van der Waals surface area contributed by atoms with E-state index in [9.17, 15) is 9.50 Å². The number of phenols is 1. The van der Waals surface area contributed by atoms with Crippen LogP contribution < -0.4 is 5.43 Å². The number of aromatic nitrogens is 1. The summed E-state index contributed by atoms with van der Waals surface area (Å²) in [4.78, 5) is 5.56. The zero-order valence-electron chi connectivity index (χ0n) is 13.2. The van der Waals surface area contributed by atoms with Crippen LogP contribution in [-0.2, 0) is 0 Å². The van der Waals surface area contributed by atoms with E-state index in [0.29, 0.717) is 0 Å². The van der Waals surface area contributed by atoms with Gasteiger partial charge in [-0.1, -0.05) is 0 Å². The van der Waals surface area contributed by atoms with Crippen LogP contribution in [0.3, 0.4) is 0 Å². The highest BCUT2D eigenvalue weighted by Crippen LogP contribution is 2.29. The van der Waals surface area contributed by atoms with Crippen LogP contribution in [0.15, 0.2) is 53.6 Å². The standard InChI is InChI=1S/C18H16FN3OS/c1-11-17(12(2)21-22-15-7-5-14(19)6-8-15)24-18(20-11)13-3-9-16(23)10-4-13/h3-10,22-23H,1-2H3/b21-12+. The lowest BCUT2D eigenvalue weighted by atomic mass is 10.2. The Kier molecular flexibility index (Phi) is 4.57. The number of phenolic OH excluding ortho intramolecular Hbond substituents is 1. The van der Waals surface area contributed by atoms with Crippen molar-refractivity contribution in [3.8, 4) is 16.3 Å². The number of hydrazone groups is 1. The van der Waals surface area contributed by atoms with Crippen LogP contribution in [-0.4, -0.2) is 15.8 Å². The first kappa shape index (κ1) is 16.1. The predicted molar refractivity (Wildman–Crippen MR) is 96.2 cm³/mol. The molecule has 0 bridgehead atoms. The van der Waals surface area contributed by atoms with Gasteiger partial charge in [0, 0.05) is 5.56 Å². The Morgan fingerprint density at radius 3 is 2.46 bits per heavy atom. The minimum Gasteiger partial charge on any atom is -0.508 e.